The number of hydrogen-bond acceptors (Lipinski definition) is 8. The fourth-order valence-corrected chi connectivity index (χ4v) is 5.06. The third-order valence-corrected chi connectivity index (χ3v) is 6.94. The van der Waals surface area contributed by atoms with Gasteiger partial charge in [0.15, 0.2) is 12.1 Å². The molecule has 0 spiro atoms. The van der Waals surface area contributed by atoms with Crippen molar-refractivity contribution in [3.8, 4) is 11.3 Å². The number of benzene rings is 1. The average molecular weight is 506 g/mol. The summed E-state index contributed by atoms with van der Waals surface area (Å²) < 4.78 is 28.2. The Morgan fingerprint density at radius 1 is 1.29 bits per heavy atom. The minimum Gasteiger partial charge on any atom is -0.386 e. The summed E-state index contributed by atoms with van der Waals surface area (Å²) in [4.78, 5) is 13.2. The summed E-state index contributed by atoms with van der Waals surface area (Å²) in [6.45, 7) is 9.50. The molecule has 0 unspecified atom stereocenters. The zero-order valence-electron chi connectivity index (χ0n) is 20.2. The van der Waals surface area contributed by atoms with Crippen molar-refractivity contribution in [1.82, 2.24) is 19.5 Å². The lowest BCUT2D eigenvalue weighted by Gasteiger charge is -2.37. The van der Waals surface area contributed by atoms with Crippen LogP contribution in [0.1, 0.15) is 46.5 Å². The molecule has 2 aliphatic heterocycles. The molecule has 2 aromatic heterocycles. The molecule has 2 bridgehead atoms. The Labute approximate surface area is 207 Å². The van der Waals surface area contributed by atoms with Crippen molar-refractivity contribution in [3.63, 3.8) is 0 Å². The standard InChI is InChI=1S/C24H29ClFN5O4/c1-10(2)31-15-7-12(6-14(26)19(15)28-22(31)24(4,5)33)18-13(25)8-27-23(30-18)29-17-11(3)16-9-34-21(35-16)20(17)32/h6-8,10-11,16-17,20-21,32-33H,9H2,1-5H3,(H,27,29,30)/t11-,16-,17-,20+,21-/m1/s1. The molecule has 188 valence electrons. The van der Waals surface area contributed by atoms with Crippen molar-refractivity contribution in [3.05, 3.63) is 35.0 Å². The van der Waals surface area contributed by atoms with Gasteiger partial charge in [0.2, 0.25) is 5.95 Å². The van der Waals surface area contributed by atoms with Gasteiger partial charge in [-0.15, -0.1) is 0 Å². The number of aromatic nitrogens is 4. The predicted molar refractivity (Wildman–Crippen MR) is 129 cm³/mol. The topological polar surface area (TPSA) is 115 Å². The number of fused-ring (bicyclic) bond motifs is 3. The monoisotopic (exact) mass is 505 g/mol. The first-order valence-electron chi connectivity index (χ1n) is 11.6. The summed E-state index contributed by atoms with van der Waals surface area (Å²) in [6, 6.07) is 2.61. The van der Waals surface area contributed by atoms with Gasteiger partial charge in [-0.1, -0.05) is 18.5 Å². The van der Waals surface area contributed by atoms with Crippen LogP contribution in [0.2, 0.25) is 5.02 Å². The number of halogens is 2. The molecule has 3 aromatic rings. The second-order valence-corrected chi connectivity index (χ2v) is 10.5. The Bertz CT molecular complexity index is 1260. The zero-order chi connectivity index (χ0) is 25.2. The molecule has 11 heteroatoms. The molecular weight excluding hydrogens is 477 g/mol. The SMILES string of the molecule is CC(C)n1c(C(C)(C)O)nc2c(F)cc(-c3nc(N[C@@H]4[C@H](C)[C@H]5CO[C@H](O5)[C@H]4O)ncc3Cl)cc21. The van der Waals surface area contributed by atoms with E-state index in [4.69, 9.17) is 21.1 Å². The quantitative estimate of drug-likeness (QED) is 0.481. The van der Waals surface area contributed by atoms with Crippen LogP contribution in [0.3, 0.4) is 0 Å². The van der Waals surface area contributed by atoms with Crippen molar-refractivity contribution in [1.29, 1.82) is 0 Å². The number of rotatable bonds is 5. The summed E-state index contributed by atoms with van der Waals surface area (Å²) in [5.74, 6) is 0.0143. The van der Waals surface area contributed by atoms with E-state index >= 15 is 4.39 Å². The lowest BCUT2D eigenvalue weighted by Crippen LogP contribution is -2.53. The van der Waals surface area contributed by atoms with Gasteiger partial charge in [0, 0.05) is 17.5 Å². The van der Waals surface area contributed by atoms with Gasteiger partial charge in [-0.3, -0.25) is 0 Å². The van der Waals surface area contributed by atoms with Crippen LogP contribution in [-0.2, 0) is 15.1 Å². The highest BCUT2D eigenvalue weighted by Crippen LogP contribution is 2.36. The maximum atomic E-state index is 15.3. The van der Waals surface area contributed by atoms with E-state index in [1.54, 1.807) is 19.9 Å². The van der Waals surface area contributed by atoms with Crippen LogP contribution in [-0.4, -0.2) is 60.9 Å². The Morgan fingerprint density at radius 2 is 2.03 bits per heavy atom. The normalized spacial score (nSPS) is 26.6. The predicted octanol–water partition coefficient (Wildman–Crippen LogP) is 3.63. The van der Waals surface area contributed by atoms with Crippen molar-refractivity contribution in [2.75, 3.05) is 11.9 Å². The molecule has 0 aliphatic carbocycles. The van der Waals surface area contributed by atoms with Crippen LogP contribution in [0.15, 0.2) is 18.3 Å². The van der Waals surface area contributed by atoms with E-state index in [1.807, 2.05) is 25.3 Å². The minimum atomic E-state index is -1.26. The van der Waals surface area contributed by atoms with E-state index in [-0.39, 0.29) is 34.6 Å². The molecule has 2 saturated heterocycles. The van der Waals surface area contributed by atoms with Gasteiger partial charge in [-0.05, 0) is 39.8 Å². The summed E-state index contributed by atoms with van der Waals surface area (Å²) in [7, 11) is 0. The largest absolute Gasteiger partial charge is 0.386 e. The number of nitrogens with zero attached hydrogens (tertiary/aromatic N) is 4. The van der Waals surface area contributed by atoms with E-state index in [0.29, 0.717) is 29.2 Å². The van der Waals surface area contributed by atoms with Crippen molar-refractivity contribution in [2.24, 2.45) is 5.92 Å². The summed E-state index contributed by atoms with van der Waals surface area (Å²) >= 11 is 6.44. The van der Waals surface area contributed by atoms with Gasteiger partial charge in [0.25, 0.3) is 0 Å². The van der Waals surface area contributed by atoms with E-state index in [2.05, 4.69) is 20.3 Å². The average Bonchev–Trinajstić information content (AvgIpc) is 3.40. The van der Waals surface area contributed by atoms with E-state index in [1.165, 1.54) is 12.3 Å². The van der Waals surface area contributed by atoms with Crippen LogP contribution >= 0.6 is 11.6 Å². The molecule has 2 fully saturated rings. The second-order valence-electron chi connectivity index (χ2n) is 10.1. The molecule has 2 aliphatic rings. The summed E-state index contributed by atoms with van der Waals surface area (Å²) in [6.07, 6.45) is -0.290. The molecule has 3 N–H and O–H groups in total. The third kappa shape index (κ3) is 4.17. The molecule has 1 aromatic carbocycles. The van der Waals surface area contributed by atoms with E-state index in [0.717, 1.165) is 0 Å². The number of aliphatic hydroxyl groups excluding tert-OH is 1. The third-order valence-electron chi connectivity index (χ3n) is 6.66. The Morgan fingerprint density at radius 3 is 2.71 bits per heavy atom. The van der Waals surface area contributed by atoms with Gasteiger partial charge >= 0.3 is 0 Å². The highest BCUT2D eigenvalue weighted by molar-refractivity contribution is 6.33. The van der Waals surface area contributed by atoms with Crippen LogP contribution in [0, 0.1) is 11.7 Å². The molecule has 9 nitrogen and oxygen atoms in total. The highest BCUT2D eigenvalue weighted by Gasteiger charge is 2.48. The number of nitrogens with one attached hydrogen (secondary N) is 1. The molecule has 0 saturated carbocycles. The van der Waals surface area contributed by atoms with E-state index < -0.39 is 29.9 Å². The van der Waals surface area contributed by atoms with E-state index in [9.17, 15) is 10.2 Å². The van der Waals surface area contributed by atoms with Gasteiger partial charge in [0.05, 0.1) is 41.2 Å². The minimum absolute atomic E-state index is 0.0547. The number of aliphatic hydroxyl groups is 2. The molecule has 5 atom stereocenters. The molecule has 4 heterocycles. The van der Waals surface area contributed by atoms with Crippen LogP contribution in [0.25, 0.3) is 22.3 Å². The first-order valence-corrected chi connectivity index (χ1v) is 12.0. The fraction of sp³-hybridized carbons (Fsp3) is 0.542. The molecule has 0 radical (unpaired) electrons. The Kier molecular flexibility index (Phi) is 6.00. The second kappa shape index (κ2) is 8.63. The summed E-state index contributed by atoms with van der Waals surface area (Å²) in [5, 5.41) is 24.7. The van der Waals surface area contributed by atoms with Crippen molar-refractivity contribution in [2.45, 2.75) is 70.8 Å². The van der Waals surface area contributed by atoms with Gasteiger partial charge < -0.3 is 29.6 Å². The fourth-order valence-electron chi connectivity index (χ4n) is 4.86. The summed E-state index contributed by atoms with van der Waals surface area (Å²) in [5.41, 5.74) is 0.207. The van der Waals surface area contributed by atoms with Crippen molar-refractivity contribution < 1.29 is 24.1 Å². The van der Waals surface area contributed by atoms with Crippen LogP contribution in [0.5, 0.6) is 0 Å². The lowest BCUT2D eigenvalue weighted by atomic mass is 9.90. The highest BCUT2D eigenvalue weighted by atomic mass is 35.5. The maximum absolute atomic E-state index is 15.3. The first-order chi connectivity index (χ1) is 16.5. The van der Waals surface area contributed by atoms with Gasteiger partial charge in [-0.2, -0.15) is 0 Å². The zero-order valence-corrected chi connectivity index (χ0v) is 20.9. The number of hydrogen-bond donors (Lipinski definition) is 3. The Hall–Kier alpha value is -2.37. The number of ether oxygens (including phenoxy) is 2. The number of imidazole rings is 1. The first kappa shape index (κ1) is 24.3. The smallest absolute Gasteiger partial charge is 0.223 e. The van der Waals surface area contributed by atoms with Crippen LogP contribution in [0.4, 0.5) is 10.3 Å². The number of anilines is 1. The lowest BCUT2D eigenvalue weighted by molar-refractivity contribution is -0.170. The molecule has 35 heavy (non-hydrogen) atoms. The maximum Gasteiger partial charge on any atom is 0.223 e. The molecular formula is C24H29ClFN5O4. The molecule has 0 amide bonds. The van der Waals surface area contributed by atoms with Crippen LogP contribution < -0.4 is 5.32 Å². The van der Waals surface area contributed by atoms with Gasteiger partial charge in [-0.25, -0.2) is 19.3 Å². The molecule has 5 rings (SSSR count). The Balaban J connectivity index is 1.56. The van der Waals surface area contributed by atoms with Crippen molar-refractivity contribution >= 4 is 28.6 Å². The van der Waals surface area contributed by atoms with Gasteiger partial charge in [0.1, 0.15) is 23.0 Å².